The van der Waals surface area contributed by atoms with Gasteiger partial charge in [0, 0.05) is 19.6 Å². The molecule has 0 bridgehead atoms. The molecule has 1 heterocycles. The highest BCUT2D eigenvalue weighted by atomic mass is 15.1. The zero-order valence-electron chi connectivity index (χ0n) is 13.4. The molecule has 2 atom stereocenters. The molecule has 1 aliphatic rings. The third-order valence-electron chi connectivity index (χ3n) is 4.40. The lowest BCUT2D eigenvalue weighted by Crippen LogP contribution is -2.33. The van der Waals surface area contributed by atoms with Crippen LogP contribution in [0, 0.1) is 5.92 Å². The van der Waals surface area contributed by atoms with Gasteiger partial charge in [-0.3, -0.25) is 4.90 Å². The first-order valence-electron chi connectivity index (χ1n) is 8.21. The average Bonchev–Trinajstić information content (AvgIpc) is 2.45. The van der Waals surface area contributed by atoms with Gasteiger partial charge >= 0.3 is 0 Å². The van der Waals surface area contributed by atoms with E-state index in [1.54, 1.807) is 0 Å². The Bertz CT molecular complexity index is 385. The van der Waals surface area contributed by atoms with Crippen LogP contribution in [0.5, 0.6) is 0 Å². The fourth-order valence-electron chi connectivity index (χ4n) is 3.12. The van der Waals surface area contributed by atoms with E-state index in [1.165, 1.54) is 37.1 Å². The Morgan fingerprint density at radius 3 is 2.70 bits per heavy atom. The van der Waals surface area contributed by atoms with Crippen LogP contribution in [0.3, 0.4) is 0 Å². The molecule has 112 valence electrons. The quantitative estimate of drug-likeness (QED) is 0.852. The lowest BCUT2D eigenvalue weighted by Gasteiger charge is -2.30. The van der Waals surface area contributed by atoms with Gasteiger partial charge in [0.05, 0.1) is 0 Å². The molecule has 0 saturated carbocycles. The average molecular weight is 274 g/mol. The van der Waals surface area contributed by atoms with Crippen LogP contribution in [-0.2, 0) is 6.54 Å². The largest absolute Gasteiger partial charge is 0.316 e. The Labute approximate surface area is 124 Å². The summed E-state index contributed by atoms with van der Waals surface area (Å²) in [4.78, 5) is 2.60. The number of piperidine rings is 1. The number of nitrogens with zero attached hydrogens (tertiary/aromatic N) is 1. The molecule has 0 aromatic heterocycles. The smallest absolute Gasteiger partial charge is 0.0233 e. The molecule has 2 unspecified atom stereocenters. The number of likely N-dealkylation sites (tertiary alicyclic amines) is 1. The molecular weight excluding hydrogens is 244 g/mol. The zero-order chi connectivity index (χ0) is 14.4. The third-order valence-corrected chi connectivity index (χ3v) is 4.40. The minimum absolute atomic E-state index is 0.596. The number of nitrogens with one attached hydrogen (secondary N) is 1. The van der Waals surface area contributed by atoms with E-state index >= 15 is 0 Å². The summed E-state index contributed by atoms with van der Waals surface area (Å²) in [6.07, 6.45) is 2.76. The normalized spacial score (nSPS) is 21.9. The molecule has 1 aliphatic heterocycles. The van der Waals surface area contributed by atoms with E-state index in [9.17, 15) is 0 Å². The zero-order valence-corrected chi connectivity index (χ0v) is 13.4. The molecule has 1 saturated heterocycles. The van der Waals surface area contributed by atoms with E-state index < -0.39 is 0 Å². The number of hydrogen-bond donors (Lipinski definition) is 1. The van der Waals surface area contributed by atoms with Crippen LogP contribution in [0.4, 0.5) is 0 Å². The molecule has 0 amide bonds. The predicted octanol–water partition coefficient (Wildman–Crippen LogP) is 3.63. The van der Waals surface area contributed by atoms with Gasteiger partial charge in [-0.25, -0.2) is 0 Å². The maximum Gasteiger partial charge on any atom is 0.0233 e. The Morgan fingerprint density at radius 2 is 2.05 bits per heavy atom. The summed E-state index contributed by atoms with van der Waals surface area (Å²) in [5.74, 6) is 1.46. The van der Waals surface area contributed by atoms with Crippen molar-refractivity contribution in [2.45, 2.75) is 46.1 Å². The van der Waals surface area contributed by atoms with Crippen LogP contribution in [0.15, 0.2) is 24.3 Å². The molecular formula is C18H30N2. The molecule has 0 aliphatic carbocycles. The van der Waals surface area contributed by atoms with Crippen molar-refractivity contribution >= 4 is 0 Å². The standard InChI is InChI=1S/C18H30N2/c1-4-19-12-16(3)18-9-7-17(8-10-18)14-20-11-5-6-15(2)13-20/h7-10,15-16,19H,4-6,11-14H2,1-3H3. The lowest BCUT2D eigenvalue weighted by atomic mass is 9.98. The molecule has 2 nitrogen and oxygen atoms in total. The molecule has 1 aromatic carbocycles. The number of hydrogen-bond acceptors (Lipinski definition) is 2. The second kappa shape index (κ2) is 7.80. The van der Waals surface area contributed by atoms with Gasteiger partial charge in [-0.2, -0.15) is 0 Å². The van der Waals surface area contributed by atoms with Crippen molar-refractivity contribution in [3.63, 3.8) is 0 Å². The van der Waals surface area contributed by atoms with Crippen LogP contribution in [-0.4, -0.2) is 31.1 Å². The van der Waals surface area contributed by atoms with Gasteiger partial charge in [0.2, 0.25) is 0 Å². The minimum atomic E-state index is 0.596. The van der Waals surface area contributed by atoms with E-state index in [1.807, 2.05) is 0 Å². The Morgan fingerprint density at radius 1 is 1.30 bits per heavy atom. The Balaban J connectivity index is 1.87. The maximum absolute atomic E-state index is 3.42. The van der Waals surface area contributed by atoms with Crippen molar-refractivity contribution < 1.29 is 0 Å². The molecule has 1 aromatic rings. The van der Waals surface area contributed by atoms with Crippen LogP contribution < -0.4 is 5.32 Å². The summed E-state index contributed by atoms with van der Waals surface area (Å²) in [6.45, 7) is 12.6. The van der Waals surface area contributed by atoms with Gasteiger partial charge in [-0.1, -0.05) is 45.0 Å². The van der Waals surface area contributed by atoms with Crippen LogP contribution in [0.25, 0.3) is 0 Å². The first-order valence-corrected chi connectivity index (χ1v) is 8.21. The molecule has 20 heavy (non-hydrogen) atoms. The number of likely N-dealkylation sites (N-methyl/N-ethyl adjacent to an activating group) is 1. The first-order chi connectivity index (χ1) is 9.69. The van der Waals surface area contributed by atoms with Gasteiger partial charge in [0.25, 0.3) is 0 Å². The Hall–Kier alpha value is -0.860. The summed E-state index contributed by atoms with van der Waals surface area (Å²) in [6, 6.07) is 9.25. The molecule has 0 spiro atoms. The van der Waals surface area contributed by atoms with E-state index in [-0.39, 0.29) is 0 Å². The summed E-state index contributed by atoms with van der Waals surface area (Å²) >= 11 is 0. The van der Waals surface area contributed by atoms with Crippen molar-refractivity contribution in [2.24, 2.45) is 5.92 Å². The van der Waals surface area contributed by atoms with Gasteiger partial charge in [-0.15, -0.1) is 0 Å². The summed E-state index contributed by atoms with van der Waals surface area (Å²) in [5.41, 5.74) is 2.90. The van der Waals surface area contributed by atoms with Gasteiger partial charge in [0.1, 0.15) is 0 Å². The van der Waals surface area contributed by atoms with Crippen LogP contribution in [0.2, 0.25) is 0 Å². The fraction of sp³-hybridized carbons (Fsp3) is 0.667. The molecule has 0 radical (unpaired) electrons. The van der Waals surface area contributed by atoms with Crippen molar-refractivity contribution in [3.8, 4) is 0 Å². The number of benzene rings is 1. The lowest BCUT2D eigenvalue weighted by molar-refractivity contribution is 0.176. The molecule has 1 N–H and O–H groups in total. The maximum atomic E-state index is 3.42. The topological polar surface area (TPSA) is 15.3 Å². The van der Waals surface area contributed by atoms with E-state index in [2.05, 4.69) is 55.3 Å². The van der Waals surface area contributed by atoms with Crippen molar-refractivity contribution in [1.29, 1.82) is 0 Å². The van der Waals surface area contributed by atoms with Crippen LogP contribution >= 0.6 is 0 Å². The first kappa shape index (κ1) is 15.5. The van der Waals surface area contributed by atoms with Gasteiger partial charge < -0.3 is 5.32 Å². The fourth-order valence-corrected chi connectivity index (χ4v) is 3.12. The summed E-state index contributed by atoms with van der Waals surface area (Å²) in [7, 11) is 0. The highest BCUT2D eigenvalue weighted by Crippen LogP contribution is 2.19. The van der Waals surface area contributed by atoms with Crippen molar-refractivity contribution in [2.75, 3.05) is 26.2 Å². The minimum Gasteiger partial charge on any atom is -0.316 e. The highest BCUT2D eigenvalue weighted by molar-refractivity contribution is 5.25. The van der Waals surface area contributed by atoms with Crippen molar-refractivity contribution in [1.82, 2.24) is 10.2 Å². The van der Waals surface area contributed by atoms with Crippen molar-refractivity contribution in [3.05, 3.63) is 35.4 Å². The van der Waals surface area contributed by atoms with E-state index in [0.717, 1.165) is 25.6 Å². The second-order valence-corrected chi connectivity index (χ2v) is 6.43. The number of rotatable bonds is 6. The molecule has 2 rings (SSSR count). The SMILES string of the molecule is CCNCC(C)c1ccc(CN2CCCC(C)C2)cc1. The summed E-state index contributed by atoms with van der Waals surface area (Å²) in [5, 5.41) is 3.42. The highest BCUT2D eigenvalue weighted by Gasteiger charge is 2.16. The van der Waals surface area contributed by atoms with Gasteiger partial charge in [-0.05, 0) is 48.9 Å². The monoisotopic (exact) mass is 274 g/mol. The molecule has 2 heteroatoms. The third kappa shape index (κ3) is 4.60. The predicted molar refractivity (Wildman–Crippen MR) is 87.1 cm³/mol. The molecule has 1 fully saturated rings. The Kier molecular flexibility index (Phi) is 6.06. The van der Waals surface area contributed by atoms with Gasteiger partial charge in [0.15, 0.2) is 0 Å². The van der Waals surface area contributed by atoms with E-state index in [0.29, 0.717) is 5.92 Å². The second-order valence-electron chi connectivity index (χ2n) is 6.43. The summed E-state index contributed by atoms with van der Waals surface area (Å²) < 4.78 is 0. The van der Waals surface area contributed by atoms with E-state index in [4.69, 9.17) is 0 Å². The van der Waals surface area contributed by atoms with Crippen LogP contribution in [0.1, 0.15) is 50.7 Å².